The summed E-state index contributed by atoms with van der Waals surface area (Å²) in [6, 6.07) is 6.83. The first-order chi connectivity index (χ1) is 11.8. The molecule has 2 amide bonds. The standard InChI is InChI=1S/C16H20ClN5O2S/c1-9(2)14(18)15(24)19-8-12(23)20-16-22-21-13(25-16)7-10-4-3-5-11(17)6-10/h3-6,9,14H,7-8,18H2,1-2H3,(H,19,24)(H,20,22,23)/t14-/m0/s1. The van der Waals surface area contributed by atoms with E-state index in [-0.39, 0.29) is 24.3 Å². The van der Waals surface area contributed by atoms with Gasteiger partial charge in [-0.2, -0.15) is 0 Å². The van der Waals surface area contributed by atoms with Crippen molar-refractivity contribution in [3.05, 3.63) is 39.9 Å². The van der Waals surface area contributed by atoms with Gasteiger partial charge in [-0.3, -0.25) is 14.9 Å². The van der Waals surface area contributed by atoms with Gasteiger partial charge in [-0.15, -0.1) is 10.2 Å². The summed E-state index contributed by atoms with van der Waals surface area (Å²) >= 11 is 7.23. The molecule has 25 heavy (non-hydrogen) atoms. The zero-order valence-corrected chi connectivity index (χ0v) is 15.5. The number of benzene rings is 1. The van der Waals surface area contributed by atoms with Crippen LogP contribution in [0.1, 0.15) is 24.4 Å². The SMILES string of the molecule is CC(C)[C@H](N)C(=O)NCC(=O)Nc1nnc(Cc2cccc(Cl)c2)s1. The zero-order chi connectivity index (χ0) is 18.4. The van der Waals surface area contributed by atoms with Crippen LogP contribution in [0.5, 0.6) is 0 Å². The number of carbonyl (C=O) groups excluding carboxylic acids is 2. The largest absolute Gasteiger partial charge is 0.346 e. The number of carbonyl (C=O) groups is 2. The fourth-order valence-electron chi connectivity index (χ4n) is 1.95. The van der Waals surface area contributed by atoms with E-state index < -0.39 is 6.04 Å². The van der Waals surface area contributed by atoms with Crippen molar-refractivity contribution in [2.75, 3.05) is 11.9 Å². The Morgan fingerprint density at radius 1 is 1.32 bits per heavy atom. The van der Waals surface area contributed by atoms with Crippen LogP contribution in [0.25, 0.3) is 0 Å². The molecule has 1 aromatic carbocycles. The second-order valence-corrected chi connectivity index (χ2v) is 7.34. The van der Waals surface area contributed by atoms with E-state index in [1.54, 1.807) is 6.07 Å². The van der Waals surface area contributed by atoms with Crippen LogP contribution in [0.15, 0.2) is 24.3 Å². The minimum Gasteiger partial charge on any atom is -0.346 e. The van der Waals surface area contributed by atoms with Crippen LogP contribution in [0.3, 0.4) is 0 Å². The Balaban J connectivity index is 1.84. The van der Waals surface area contributed by atoms with Crippen molar-refractivity contribution in [1.29, 1.82) is 0 Å². The Bertz CT molecular complexity index is 750. The molecule has 0 spiro atoms. The molecule has 0 aliphatic carbocycles. The van der Waals surface area contributed by atoms with Gasteiger partial charge in [0.25, 0.3) is 0 Å². The number of nitrogens with zero attached hydrogens (tertiary/aromatic N) is 2. The number of anilines is 1. The van der Waals surface area contributed by atoms with Crippen molar-refractivity contribution in [1.82, 2.24) is 15.5 Å². The van der Waals surface area contributed by atoms with Crippen molar-refractivity contribution in [3.8, 4) is 0 Å². The number of halogens is 1. The molecular weight excluding hydrogens is 362 g/mol. The Morgan fingerprint density at radius 2 is 2.08 bits per heavy atom. The number of rotatable bonds is 7. The third-order valence-electron chi connectivity index (χ3n) is 3.40. The third kappa shape index (κ3) is 6.08. The Kier molecular flexibility index (Phi) is 6.86. The minimum absolute atomic E-state index is 0.000252. The summed E-state index contributed by atoms with van der Waals surface area (Å²) in [6.45, 7) is 3.52. The Morgan fingerprint density at radius 3 is 2.76 bits per heavy atom. The maximum Gasteiger partial charge on any atom is 0.245 e. The molecular formula is C16H20ClN5O2S. The molecule has 0 fully saturated rings. The number of nitrogens with two attached hydrogens (primary N) is 1. The van der Waals surface area contributed by atoms with Crippen LogP contribution in [-0.4, -0.2) is 34.6 Å². The molecule has 0 saturated carbocycles. The van der Waals surface area contributed by atoms with Crippen molar-refractivity contribution in [2.24, 2.45) is 11.7 Å². The van der Waals surface area contributed by atoms with Gasteiger partial charge >= 0.3 is 0 Å². The van der Waals surface area contributed by atoms with E-state index in [1.807, 2.05) is 32.0 Å². The number of hydrogen-bond acceptors (Lipinski definition) is 6. The minimum atomic E-state index is -0.640. The zero-order valence-electron chi connectivity index (χ0n) is 14.0. The van der Waals surface area contributed by atoms with Gasteiger partial charge < -0.3 is 11.1 Å². The second-order valence-electron chi connectivity index (χ2n) is 5.84. The quantitative estimate of drug-likeness (QED) is 0.677. The molecule has 1 heterocycles. The average Bonchev–Trinajstić information content (AvgIpc) is 2.98. The molecule has 0 aliphatic rings. The lowest BCUT2D eigenvalue weighted by Crippen LogP contribution is -2.46. The van der Waals surface area contributed by atoms with Crippen molar-refractivity contribution >= 4 is 39.9 Å². The molecule has 0 unspecified atom stereocenters. The van der Waals surface area contributed by atoms with Gasteiger partial charge in [0.05, 0.1) is 12.6 Å². The maximum absolute atomic E-state index is 11.9. The van der Waals surface area contributed by atoms with Crippen molar-refractivity contribution in [3.63, 3.8) is 0 Å². The molecule has 0 saturated heterocycles. The van der Waals surface area contributed by atoms with Gasteiger partial charge in [-0.25, -0.2) is 0 Å². The summed E-state index contributed by atoms with van der Waals surface area (Å²) in [5, 5.41) is 14.9. The molecule has 4 N–H and O–H groups in total. The van der Waals surface area contributed by atoms with E-state index >= 15 is 0 Å². The van der Waals surface area contributed by atoms with Crippen LogP contribution < -0.4 is 16.4 Å². The van der Waals surface area contributed by atoms with Crippen LogP contribution in [0.4, 0.5) is 5.13 Å². The predicted octanol–water partition coefficient (Wildman–Crippen LogP) is 1.82. The fraction of sp³-hybridized carbons (Fsp3) is 0.375. The lowest BCUT2D eigenvalue weighted by atomic mass is 10.1. The topological polar surface area (TPSA) is 110 Å². The Labute approximate surface area is 155 Å². The molecule has 0 radical (unpaired) electrons. The van der Waals surface area contributed by atoms with Crippen LogP contribution in [0.2, 0.25) is 5.02 Å². The van der Waals surface area contributed by atoms with E-state index in [2.05, 4.69) is 20.8 Å². The van der Waals surface area contributed by atoms with E-state index in [0.29, 0.717) is 16.6 Å². The molecule has 0 bridgehead atoms. The van der Waals surface area contributed by atoms with Crippen LogP contribution in [-0.2, 0) is 16.0 Å². The molecule has 0 aliphatic heterocycles. The number of hydrogen-bond donors (Lipinski definition) is 3. The molecule has 134 valence electrons. The van der Waals surface area contributed by atoms with Gasteiger partial charge in [-0.1, -0.05) is 48.9 Å². The highest BCUT2D eigenvalue weighted by Gasteiger charge is 2.18. The smallest absolute Gasteiger partial charge is 0.245 e. The molecule has 9 heteroatoms. The van der Waals surface area contributed by atoms with Gasteiger partial charge in [0.15, 0.2) is 0 Å². The lowest BCUT2D eigenvalue weighted by molar-refractivity contribution is -0.125. The summed E-state index contributed by atoms with van der Waals surface area (Å²) < 4.78 is 0. The fourth-order valence-corrected chi connectivity index (χ4v) is 2.95. The molecule has 1 aromatic heterocycles. The van der Waals surface area contributed by atoms with Gasteiger partial charge in [0, 0.05) is 11.4 Å². The third-order valence-corrected chi connectivity index (χ3v) is 4.48. The maximum atomic E-state index is 11.9. The predicted molar refractivity (Wildman–Crippen MR) is 98.6 cm³/mol. The van der Waals surface area contributed by atoms with E-state index in [9.17, 15) is 9.59 Å². The number of aromatic nitrogens is 2. The number of amides is 2. The summed E-state index contributed by atoms with van der Waals surface area (Å²) in [5.41, 5.74) is 6.72. The average molecular weight is 382 g/mol. The first-order valence-corrected chi connectivity index (χ1v) is 8.94. The number of nitrogens with one attached hydrogen (secondary N) is 2. The first-order valence-electron chi connectivity index (χ1n) is 7.75. The molecule has 2 rings (SSSR count). The monoisotopic (exact) mass is 381 g/mol. The van der Waals surface area contributed by atoms with Crippen molar-refractivity contribution < 1.29 is 9.59 Å². The van der Waals surface area contributed by atoms with Gasteiger partial charge in [0.2, 0.25) is 16.9 Å². The van der Waals surface area contributed by atoms with E-state index in [1.165, 1.54) is 11.3 Å². The van der Waals surface area contributed by atoms with Gasteiger partial charge in [0.1, 0.15) is 5.01 Å². The Hall–Kier alpha value is -2.03. The first kappa shape index (κ1) is 19.3. The summed E-state index contributed by atoms with van der Waals surface area (Å²) in [6.07, 6.45) is 0.577. The van der Waals surface area contributed by atoms with Crippen LogP contribution in [0, 0.1) is 5.92 Å². The highest BCUT2D eigenvalue weighted by Crippen LogP contribution is 2.20. The highest BCUT2D eigenvalue weighted by atomic mass is 35.5. The summed E-state index contributed by atoms with van der Waals surface area (Å²) in [7, 11) is 0. The van der Waals surface area contributed by atoms with Crippen molar-refractivity contribution in [2.45, 2.75) is 26.3 Å². The van der Waals surface area contributed by atoms with E-state index in [4.69, 9.17) is 17.3 Å². The van der Waals surface area contributed by atoms with Crippen LogP contribution >= 0.6 is 22.9 Å². The second kappa shape index (κ2) is 8.89. The van der Waals surface area contributed by atoms with E-state index in [0.717, 1.165) is 10.6 Å². The highest BCUT2D eigenvalue weighted by molar-refractivity contribution is 7.15. The summed E-state index contributed by atoms with van der Waals surface area (Å²) in [5.74, 6) is -0.737. The molecule has 2 aromatic rings. The lowest BCUT2D eigenvalue weighted by Gasteiger charge is -2.14. The normalized spacial score (nSPS) is 12.0. The molecule has 1 atom stereocenters. The van der Waals surface area contributed by atoms with Gasteiger partial charge in [-0.05, 0) is 23.6 Å². The summed E-state index contributed by atoms with van der Waals surface area (Å²) in [4.78, 5) is 23.6. The molecule has 7 nitrogen and oxygen atoms in total.